The Balaban J connectivity index is 2.02. The molecule has 1 aliphatic carbocycles. The predicted octanol–water partition coefficient (Wildman–Crippen LogP) is 1.97. The Morgan fingerprint density at radius 3 is 2.73 bits per heavy atom. The lowest BCUT2D eigenvalue weighted by Gasteiger charge is -2.37. The van der Waals surface area contributed by atoms with E-state index in [2.05, 4.69) is 17.6 Å². The highest BCUT2D eigenvalue weighted by Crippen LogP contribution is 2.42. The highest BCUT2D eigenvalue weighted by molar-refractivity contribution is 6.02. The number of carbonyl (C=O) groups is 1. The summed E-state index contributed by atoms with van der Waals surface area (Å²) in [6.07, 6.45) is 2.40. The van der Waals surface area contributed by atoms with Crippen LogP contribution in [0, 0.1) is 5.92 Å². The van der Waals surface area contributed by atoms with Crippen LogP contribution in [0.15, 0.2) is 24.3 Å². The molecule has 3 nitrogen and oxygen atoms in total. The molecule has 1 saturated carbocycles. The van der Waals surface area contributed by atoms with E-state index in [9.17, 15) is 4.79 Å². The van der Waals surface area contributed by atoms with E-state index >= 15 is 0 Å². The van der Waals surface area contributed by atoms with Crippen LogP contribution in [0.3, 0.4) is 0 Å². The zero-order valence-corrected chi connectivity index (χ0v) is 8.71. The Morgan fingerprint density at radius 2 is 2.00 bits per heavy atom. The number of para-hydroxylation sites is 1. The fourth-order valence-corrected chi connectivity index (χ4v) is 2.27. The van der Waals surface area contributed by atoms with Gasteiger partial charge in [0.05, 0.1) is 5.56 Å². The second-order valence-electron chi connectivity index (χ2n) is 4.60. The molecule has 0 spiro atoms. The van der Waals surface area contributed by atoms with E-state index in [4.69, 9.17) is 0 Å². The zero-order valence-electron chi connectivity index (χ0n) is 8.71. The Kier molecular flexibility index (Phi) is 1.61. The lowest BCUT2D eigenvalue weighted by atomic mass is 10.00. The molecule has 2 aliphatic rings. The van der Waals surface area contributed by atoms with Gasteiger partial charge in [-0.05, 0) is 31.9 Å². The molecule has 1 aliphatic heterocycles. The third-order valence-corrected chi connectivity index (χ3v) is 3.33. The van der Waals surface area contributed by atoms with Gasteiger partial charge in [-0.3, -0.25) is 4.79 Å². The molecule has 0 bridgehead atoms. The number of hydrogen-bond donors (Lipinski definition) is 2. The maximum atomic E-state index is 11.9. The van der Waals surface area contributed by atoms with E-state index in [1.54, 1.807) is 0 Å². The second kappa shape index (κ2) is 2.75. The number of nitrogens with one attached hydrogen (secondary N) is 2. The second-order valence-corrected chi connectivity index (χ2v) is 4.60. The van der Waals surface area contributed by atoms with Gasteiger partial charge in [0.1, 0.15) is 5.66 Å². The minimum Gasteiger partial charge on any atom is -0.362 e. The molecule has 1 atom stereocenters. The van der Waals surface area contributed by atoms with Crippen LogP contribution in [0.25, 0.3) is 0 Å². The molecule has 1 heterocycles. The van der Waals surface area contributed by atoms with Crippen LogP contribution in [-0.2, 0) is 0 Å². The standard InChI is InChI=1S/C12H14N2O/c1-12(8-6-7-8)13-10-5-3-2-4-9(10)11(15)14-12/h2-5,8,13H,6-7H2,1H3,(H,14,15)/t12-/m0/s1. The monoisotopic (exact) mass is 202 g/mol. The van der Waals surface area contributed by atoms with Gasteiger partial charge in [0.25, 0.3) is 5.91 Å². The largest absolute Gasteiger partial charge is 0.362 e. The SMILES string of the molecule is C[C@@]1(C2CC2)NC(=O)c2ccccc2N1. The minimum atomic E-state index is -0.245. The summed E-state index contributed by atoms with van der Waals surface area (Å²) >= 11 is 0. The number of hydrogen-bond acceptors (Lipinski definition) is 2. The number of carbonyl (C=O) groups excluding carboxylic acids is 1. The average molecular weight is 202 g/mol. The summed E-state index contributed by atoms with van der Waals surface area (Å²) in [6, 6.07) is 7.66. The molecule has 15 heavy (non-hydrogen) atoms. The summed E-state index contributed by atoms with van der Waals surface area (Å²) in [5.74, 6) is 0.619. The van der Waals surface area contributed by atoms with Gasteiger partial charge in [-0.2, -0.15) is 0 Å². The van der Waals surface area contributed by atoms with E-state index in [0.717, 1.165) is 11.3 Å². The number of anilines is 1. The lowest BCUT2D eigenvalue weighted by molar-refractivity contribution is 0.0897. The third-order valence-electron chi connectivity index (χ3n) is 3.33. The van der Waals surface area contributed by atoms with Gasteiger partial charge in [0, 0.05) is 11.6 Å². The maximum Gasteiger partial charge on any atom is 0.255 e. The smallest absolute Gasteiger partial charge is 0.255 e. The Hall–Kier alpha value is -1.51. The number of amides is 1. The normalized spacial score (nSPS) is 29.0. The quantitative estimate of drug-likeness (QED) is 0.731. The molecule has 0 saturated heterocycles. The first-order valence-corrected chi connectivity index (χ1v) is 5.39. The van der Waals surface area contributed by atoms with Gasteiger partial charge in [0.2, 0.25) is 0 Å². The van der Waals surface area contributed by atoms with Crippen molar-refractivity contribution in [3.8, 4) is 0 Å². The molecule has 2 N–H and O–H groups in total. The maximum absolute atomic E-state index is 11.9. The van der Waals surface area contributed by atoms with Crippen molar-refractivity contribution in [3.63, 3.8) is 0 Å². The van der Waals surface area contributed by atoms with Crippen molar-refractivity contribution in [1.82, 2.24) is 5.32 Å². The van der Waals surface area contributed by atoms with E-state index in [1.165, 1.54) is 12.8 Å². The Bertz CT molecular complexity index is 425. The summed E-state index contributed by atoms with van der Waals surface area (Å²) in [5.41, 5.74) is 1.46. The van der Waals surface area contributed by atoms with Gasteiger partial charge >= 0.3 is 0 Å². The summed E-state index contributed by atoms with van der Waals surface area (Å²) in [7, 11) is 0. The number of rotatable bonds is 1. The van der Waals surface area contributed by atoms with Gasteiger partial charge in [-0.15, -0.1) is 0 Å². The van der Waals surface area contributed by atoms with Gasteiger partial charge in [-0.25, -0.2) is 0 Å². The molecule has 0 aromatic heterocycles. The van der Waals surface area contributed by atoms with Crippen molar-refractivity contribution in [3.05, 3.63) is 29.8 Å². The average Bonchev–Trinajstić information content (AvgIpc) is 3.00. The van der Waals surface area contributed by atoms with Crippen LogP contribution >= 0.6 is 0 Å². The third kappa shape index (κ3) is 1.30. The van der Waals surface area contributed by atoms with Crippen molar-refractivity contribution in [2.75, 3.05) is 5.32 Å². The first kappa shape index (κ1) is 8.77. The fraction of sp³-hybridized carbons (Fsp3) is 0.417. The van der Waals surface area contributed by atoms with Gasteiger partial charge < -0.3 is 10.6 Å². The van der Waals surface area contributed by atoms with E-state index in [-0.39, 0.29) is 11.6 Å². The number of fused-ring (bicyclic) bond motifs is 1. The van der Waals surface area contributed by atoms with Crippen LogP contribution < -0.4 is 10.6 Å². The molecular formula is C12H14N2O. The van der Waals surface area contributed by atoms with Crippen molar-refractivity contribution in [1.29, 1.82) is 0 Å². The Morgan fingerprint density at radius 1 is 1.27 bits per heavy atom. The van der Waals surface area contributed by atoms with Gasteiger partial charge in [-0.1, -0.05) is 12.1 Å². The molecule has 78 valence electrons. The van der Waals surface area contributed by atoms with E-state index in [0.29, 0.717) is 5.92 Å². The summed E-state index contributed by atoms with van der Waals surface area (Å²) in [5, 5.41) is 6.49. The molecule has 0 radical (unpaired) electrons. The van der Waals surface area contributed by atoms with E-state index in [1.807, 2.05) is 24.3 Å². The van der Waals surface area contributed by atoms with Crippen LogP contribution in [0.4, 0.5) is 5.69 Å². The summed E-state index contributed by atoms with van der Waals surface area (Å²) < 4.78 is 0. The number of benzene rings is 1. The summed E-state index contributed by atoms with van der Waals surface area (Å²) in [4.78, 5) is 11.9. The van der Waals surface area contributed by atoms with E-state index < -0.39 is 0 Å². The molecule has 1 fully saturated rings. The molecule has 1 aromatic rings. The predicted molar refractivity (Wildman–Crippen MR) is 58.7 cm³/mol. The topological polar surface area (TPSA) is 41.1 Å². The van der Waals surface area contributed by atoms with Crippen molar-refractivity contribution in [2.45, 2.75) is 25.4 Å². The molecule has 3 heteroatoms. The fourth-order valence-electron chi connectivity index (χ4n) is 2.27. The van der Waals surface area contributed by atoms with Crippen molar-refractivity contribution < 1.29 is 4.79 Å². The molecular weight excluding hydrogens is 188 g/mol. The molecule has 1 amide bonds. The zero-order chi connectivity index (χ0) is 10.5. The van der Waals surface area contributed by atoms with Crippen LogP contribution in [0.5, 0.6) is 0 Å². The van der Waals surface area contributed by atoms with Crippen LogP contribution in [0.2, 0.25) is 0 Å². The molecule has 0 unspecified atom stereocenters. The van der Waals surface area contributed by atoms with Crippen LogP contribution in [-0.4, -0.2) is 11.6 Å². The van der Waals surface area contributed by atoms with Crippen LogP contribution in [0.1, 0.15) is 30.1 Å². The Labute approximate surface area is 88.9 Å². The first-order chi connectivity index (χ1) is 7.19. The molecule has 3 rings (SSSR count). The highest BCUT2D eigenvalue weighted by atomic mass is 16.2. The first-order valence-electron chi connectivity index (χ1n) is 5.39. The van der Waals surface area contributed by atoms with Crippen molar-refractivity contribution in [2.24, 2.45) is 5.92 Å². The summed E-state index contributed by atoms with van der Waals surface area (Å²) in [6.45, 7) is 2.07. The minimum absolute atomic E-state index is 0.0405. The lowest BCUT2D eigenvalue weighted by Crippen LogP contribution is -2.57. The highest BCUT2D eigenvalue weighted by Gasteiger charge is 2.45. The van der Waals surface area contributed by atoms with Gasteiger partial charge in [0.15, 0.2) is 0 Å². The van der Waals surface area contributed by atoms with Crippen molar-refractivity contribution >= 4 is 11.6 Å². The molecule has 1 aromatic carbocycles.